The SMILES string of the molecule is CCCCP(CCCC)CCCC.CCCCP(CCCC)CCCC.CCCCP(CCCC)CCCC.CCCC[PH+](CCCC)CCCC.Cl.Cl.[C+]#Cc1ccc([NH+]=C2c3ccccc3C(=Nc3ccc(C#[C-])cc3)c3ccc(N)cc32)cc1.[Pt].[Pt]. The van der Waals surface area contributed by atoms with E-state index in [0.717, 1.165) is 50.6 Å². The van der Waals surface area contributed by atoms with E-state index in [1.54, 1.807) is 73.9 Å². The molecule has 0 unspecified atom stereocenters. The number of fused-ring (bicyclic) bond motifs is 2. The summed E-state index contributed by atoms with van der Waals surface area (Å²) in [5.74, 6) is 4.79. The maximum Gasteiger partial charge on any atom is 0 e. The molecule has 89 heavy (non-hydrogen) atoms. The molecule has 0 bridgehead atoms. The number of rotatable bonds is 38. The first-order valence-electron chi connectivity index (χ1n) is 34.8. The molecule has 11 heteroatoms. The molecule has 3 N–H and O–H groups in total. The van der Waals surface area contributed by atoms with Crippen LogP contribution >= 0.6 is 56.5 Å². The van der Waals surface area contributed by atoms with Gasteiger partial charge in [0.1, 0.15) is 0 Å². The molecular formula is C78H129Cl2N3P4Pt2+2. The average molecular weight is 1690 g/mol. The van der Waals surface area contributed by atoms with E-state index in [2.05, 4.69) is 112 Å². The van der Waals surface area contributed by atoms with E-state index >= 15 is 0 Å². The van der Waals surface area contributed by atoms with Gasteiger partial charge in [-0.25, -0.2) is 0 Å². The normalized spacial score (nSPS) is 11.8. The van der Waals surface area contributed by atoms with Crippen LogP contribution < -0.4 is 10.7 Å². The van der Waals surface area contributed by atoms with Crippen molar-refractivity contribution in [3.05, 3.63) is 137 Å². The Morgan fingerprint density at radius 3 is 1.08 bits per heavy atom. The minimum absolute atomic E-state index is 0. The molecule has 0 saturated carbocycles. The number of hydrogen-bond donors (Lipinski definition) is 2. The van der Waals surface area contributed by atoms with Crippen LogP contribution in [0.2, 0.25) is 0 Å². The Bertz CT molecular complexity index is 2210. The number of halogens is 2. The average Bonchev–Trinajstić information content (AvgIpc) is 1.21. The van der Waals surface area contributed by atoms with Crippen LogP contribution in [0.4, 0.5) is 17.1 Å². The van der Waals surface area contributed by atoms with E-state index in [0.29, 0.717) is 35.0 Å². The quantitative estimate of drug-likeness (QED) is 0.0176. The first-order chi connectivity index (χ1) is 41.5. The zero-order valence-corrected chi connectivity index (χ0v) is 68.3. The molecule has 0 amide bonds. The van der Waals surface area contributed by atoms with E-state index in [1.807, 2.05) is 78.9 Å². The molecular weight excluding hydrogens is 1560 g/mol. The molecule has 4 aromatic carbocycles. The Balaban J connectivity index is -0.000000549. The van der Waals surface area contributed by atoms with E-state index in [9.17, 15) is 0 Å². The van der Waals surface area contributed by atoms with Gasteiger partial charge in [0.25, 0.3) is 0 Å². The second-order valence-electron chi connectivity index (χ2n) is 23.5. The molecule has 0 aliphatic heterocycles. The molecule has 508 valence electrons. The van der Waals surface area contributed by atoms with Crippen LogP contribution in [-0.2, 0) is 42.1 Å². The predicted octanol–water partition coefficient (Wildman–Crippen LogP) is 23.9. The molecule has 3 nitrogen and oxygen atoms in total. The summed E-state index contributed by atoms with van der Waals surface area (Å²) in [6.45, 7) is 27.8. The van der Waals surface area contributed by atoms with Gasteiger partial charge in [-0.3, -0.25) is 5.92 Å². The van der Waals surface area contributed by atoms with Gasteiger partial charge in [-0.15, -0.1) is 66.3 Å². The molecule has 1 aliphatic rings. The van der Waals surface area contributed by atoms with Gasteiger partial charge in [0.05, 0.1) is 18.5 Å². The molecule has 4 aromatic rings. The second-order valence-corrected chi connectivity index (χ2v) is 34.5. The van der Waals surface area contributed by atoms with Crippen molar-refractivity contribution in [1.82, 2.24) is 0 Å². The molecule has 0 fully saturated rings. The molecule has 0 aromatic heterocycles. The summed E-state index contributed by atoms with van der Waals surface area (Å²) in [5.41, 5.74) is 15.8. The van der Waals surface area contributed by atoms with Crippen LogP contribution in [0.3, 0.4) is 0 Å². The fourth-order valence-electron chi connectivity index (χ4n) is 10.1. The van der Waals surface area contributed by atoms with E-state index in [1.165, 1.54) is 154 Å². The molecule has 0 atom stereocenters. The van der Waals surface area contributed by atoms with Crippen molar-refractivity contribution < 1.29 is 47.1 Å². The second kappa shape index (κ2) is 65.7. The van der Waals surface area contributed by atoms with E-state index < -0.39 is 0 Å². The maximum absolute atomic E-state index is 7.31. The number of nitrogens with one attached hydrogen (secondary N) is 1. The Kier molecular flexibility index (Phi) is 69.7. The first kappa shape index (κ1) is 94.4. The van der Waals surface area contributed by atoms with Gasteiger partial charge >= 0.3 is 151 Å². The third kappa shape index (κ3) is 44.4. The van der Waals surface area contributed by atoms with Crippen molar-refractivity contribution in [3.63, 3.8) is 0 Å². The molecule has 1 aliphatic carbocycles. The van der Waals surface area contributed by atoms with Gasteiger partial charge in [0, 0.05) is 50.1 Å². The summed E-state index contributed by atoms with van der Waals surface area (Å²) in [4.78, 5) is 8.55. The van der Waals surface area contributed by atoms with Crippen LogP contribution in [0, 0.1) is 24.7 Å². The Morgan fingerprint density at radius 1 is 0.427 bits per heavy atom. The monoisotopic (exact) mass is 1690 g/mol. The smallest absolute Gasteiger partial charge is 0 e. The number of benzene rings is 4. The van der Waals surface area contributed by atoms with Crippen molar-refractivity contribution >= 4 is 85.0 Å². The van der Waals surface area contributed by atoms with Crippen molar-refractivity contribution in [2.24, 2.45) is 4.99 Å². The van der Waals surface area contributed by atoms with Crippen LogP contribution in [-0.4, -0.2) is 85.4 Å². The minimum atomic E-state index is 0. The first-order valence-corrected chi connectivity index (χ1v) is 42.6. The van der Waals surface area contributed by atoms with Crippen LogP contribution in [0.1, 0.15) is 271 Å². The number of unbranched alkanes of at least 4 members (excludes halogenated alkanes) is 12. The van der Waals surface area contributed by atoms with Crippen LogP contribution in [0.5, 0.6) is 0 Å². The zero-order chi connectivity index (χ0) is 62.6. The molecule has 0 saturated heterocycles. The van der Waals surface area contributed by atoms with Crippen molar-refractivity contribution in [2.75, 3.05) is 79.7 Å². The van der Waals surface area contributed by atoms with Gasteiger partial charge in [0.15, 0.2) is 0 Å². The number of anilines is 1. The number of nitrogens with two attached hydrogens (primary N) is 1. The molecule has 0 radical (unpaired) electrons. The topological polar surface area (TPSA) is 52.3 Å². The van der Waals surface area contributed by atoms with Gasteiger partial charge < -0.3 is 6.42 Å². The number of nitrogen functional groups attached to an aromatic ring is 1. The minimum Gasteiger partial charge on any atom is 0 e. The van der Waals surface area contributed by atoms with Gasteiger partial charge in [-0.2, -0.15) is 0 Å². The standard InChI is InChI=1S/C30H17N3.4C12H27P.2ClH.2Pt/c1-3-20-9-14-23(15-10-20)32-29-25-7-5-6-8-26(25)30(28-19-22(31)13-18-27(28)29)33-24-16-11-21(4-2)12-17-24;4*1-4-7-10-13(11-8-5-2)12-9-6-3;;;;/h5-19H,31H2;4*4-12H2,1-3H3;2*1H;;/p+2. The van der Waals surface area contributed by atoms with Crippen molar-refractivity contribution in [1.29, 1.82) is 0 Å². The zero-order valence-electron chi connectivity index (χ0n) is 58.4. The van der Waals surface area contributed by atoms with Crippen LogP contribution in [0.25, 0.3) is 0 Å². The summed E-state index contributed by atoms with van der Waals surface area (Å²) in [6, 6.07) is 29.1. The van der Waals surface area contributed by atoms with Crippen LogP contribution in [0.15, 0.2) is 96.0 Å². The van der Waals surface area contributed by atoms with Gasteiger partial charge in [0.2, 0.25) is 0 Å². The summed E-state index contributed by atoms with van der Waals surface area (Å²) in [5, 5.41) is 0. The maximum atomic E-state index is 7.31. The molecule has 0 spiro atoms. The number of nitrogens with zero attached hydrogens (tertiary/aromatic N) is 1. The summed E-state index contributed by atoms with van der Waals surface area (Å²) < 4.78 is 0. The van der Waals surface area contributed by atoms with E-state index in [4.69, 9.17) is 23.6 Å². The predicted molar refractivity (Wildman–Crippen MR) is 413 cm³/mol. The fourth-order valence-corrected chi connectivity index (χ4v) is 22.2. The Morgan fingerprint density at radius 2 is 0.753 bits per heavy atom. The summed E-state index contributed by atoms with van der Waals surface area (Å²) >= 11 is 0. The number of aliphatic imine (C=N–C) groups is 1. The van der Waals surface area contributed by atoms with Gasteiger partial charge in [-0.05, 0) is 133 Å². The molecule has 5 rings (SSSR count). The largest absolute Gasteiger partial charge is 0 e. The van der Waals surface area contributed by atoms with Crippen molar-refractivity contribution in [2.45, 2.75) is 237 Å². The fraction of sp³-hybridized carbons (Fsp3) is 0.615. The molecule has 0 heterocycles. The Labute approximate surface area is 598 Å². The summed E-state index contributed by atoms with van der Waals surface area (Å²) in [7, 11) is 1.33. The van der Waals surface area contributed by atoms with Crippen molar-refractivity contribution in [3.8, 4) is 11.8 Å². The Hall–Kier alpha value is -0.963. The van der Waals surface area contributed by atoms with Gasteiger partial charge in [-0.1, -0.05) is 172 Å². The number of hydrogen-bond acceptors (Lipinski definition) is 2. The summed E-state index contributed by atoms with van der Waals surface area (Å²) in [6.07, 6.45) is 67.6. The third-order valence-electron chi connectivity index (χ3n) is 15.7. The third-order valence-corrected chi connectivity index (χ3v) is 27.4. The van der Waals surface area contributed by atoms with E-state index in [-0.39, 0.29) is 74.9 Å².